The second-order valence-electron chi connectivity index (χ2n) is 11.1. The van der Waals surface area contributed by atoms with Crippen LogP contribution < -0.4 is 5.73 Å². The molecule has 6 atom stereocenters. The van der Waals surface area contributed by atoms with Gasteiger partial charge in [-0.2, -0.15) is 0 Å². The van der Waals surface area contributed by atoms with Crippen LogP contribution in [0.5, 0.6) is 0 Å². The quantitative estimate of drug-likeness (QED) is 0.520. The van der Waals surface area contributed by atoms with Crippen molar-refractivity contribution in [3.63, 3.8) is 0 Å². The predicted molar refractivity (Wildman–Crippen MR) is 124 cm³/mol. The normalized spacial score (nSPS) is 39.9. The summed E-state index contributed by atoms with van der Waals surface area (Å²) in [5.74, 6) is 2.23. The molecule has 3 saturated carbocycles. The molecule has 0 aliphatic heterocycles. The van der Waals surface area contributed by atoms with Gasteiger partial charge < -0.3 is 15.7 Å². The summed E-state index contributed by atoms with van der Waals surface area (Å²) in [5.41, 5.74) is 9.59. The zero-order valence-electron chi connectivity index (χ0n) is 19.7. The maximum Gasteiger partial charge on any atom is 0.136 e. The van der Waals surface area contributed by atoms with Crippen molar-refractivity contribution in [3.05, 3.63) is 23.5 Å². The topological polar surface area (TPSA) is 98.6 Å². The maximum absolute atomic E-state index is 10.7. The first-order valence-corrected chi connectivity index (χ1v) is 12.6. The summed E-state index contributed by atoms with van der Waals surface area (Å²) in [6.07, 6.45) is 14.2. The molecule has 7 nitrogen and oxygen atoms in total. The third kappa shape index (κ3) is 3.71. The number of nitrogens with zero attached hydrogens (tertiary/aromatic N) is 4. The van der Waals surface area contributed by atoms with E-state index in [9.17, 15) is 5.11 Å². The zero-order chi connectivity index (χ0) is 22.3. The smallest absolute Gasteiger partial charge is 0.136 e. The van der Waals surface area contributed by atoms with Gasteiger partial charge in [0, 0.05) is 12.6 Å². The number of aliphatic hydroxyl groups is 1. The second kappa shape index (κ2) is 8.56. The van der Waals surface area contributed by atoms with Gasteiger partial charge in [0.2, 0.25) is 0 Å². The van der Waals surface area contributed by atoms with Crippen LogP contribution in [-0.4, -0.2) is 45.1 Å². The van der Waals surface area contributed by atoms with Crippen LogP contribution in [0.1, 0.15) is 70.9 Å². The van der Waals surface area contributed by atoms with Crippen molar-refractivity contribution < 1.29 is 9.94 Å². The van der Waals surface area contributed by atoms with Crippen LogP contribution >= 0.6 is 0 Å². The van der Waals surface area contributed by atoms with Crippen molar-refractivity contribution >= 4 is 5.71 Å². The number of fused-ring (bicyclic) bond motifs is 5. The van der Waals surface area contributed by atoms with Crippen molar-refractivity contribution in [3.8, 4) is 0 Å². The Hall–Kier alpha value is -1.73. The number of nitrogens with two attached hydrogens (primary N) is 1. The molecule has 4 aliphatic rings. The molecule has 1 aromatic rings. The van der Waals surface area contributed by atoms with E-state index in [4.69, 9.17) is 10.6 Å². The Morgan fingerprint density at radius 1 is 1.19 bits per heavy atom. The molecule has 5 rings (SSSR count). The number of aliphatic hydroxyl groups excluding tert-OH is 1. The average molecular weight is 442 g/mol. The molecule has 3 N–H and O–H groups in total. The lowest BCUT2D eigenvalue weighted by Crippen LogP contribution is -2.51. The van der Waals surface area contributed by atoms with Crippen LogP contribution in [0.4, 0.5) is 0 Å². The Labute approximate surface area is 191 Å². The van der Waals surface area contributed by atoms with E-state index in [1.165, 1.54) is 38.5 Å². The molecule has 0 aromatic carbocycles. The summed E-state index contributed by atoms with van der Waals surface area (Å²) in [4.78, 5) is 5.65. The van der Waals surface area contributed by atoms with Crippen molar-refractivity contribution in [2.45, 2.75) is 84.3 Å². The monoisotopic (exact) mass is 441 g/mol. The first-order valence-electron chi connectivity index (χ1n) is 12.6. The fraction of sp³-hybridized carbons (Fsp3) is 0.800. The minimum absolute atomic E-state index is 0.0924. The Balaban J connectivity index is 1.21. The van der Waals surface area contributed by atoms with Crippen molar-refractivity contribution in [2.75, 3.05) is 13.2 Å². The minimum atomic E-state index is -0.0924. The Bertz CT molecular complexity index is 895. The van der Waals surface area contributed by atoms with Gasteiger partial charge in [0.1, 0.15) is 6.61 Å². The number of hydrogen-bond acceptors (Lipinski definition) is 6. The third-order valence-electron chi connectivity index (χ3n) is 9.51. The Kier molecular flexibility index (Phi) is 5.91. The van der Waals surface area contributed by atoms with Gasteiger partial charge in [0.05, 0.1) is 24.1 Å². The van der Waals surface area contributed by atoms with Gasteiger partial charge in [0.15, 0.2) is 0 Å². The fourth-order valence-electron chi connectivity index (χ4n) is 7.59. The SMILES string of the molecule is C[C@]12CCC(=NOCCn3cc(CCN)nn3)C=C1CCC1C2CC[C@@]2(C)C1CC[C@@H]2O. The standard InChI is InChI=1S/C25H39N5O2/c1-24-10-7-18(28-32-14-13-30-16-19(9-12-26)27-29-30)15-17(24)3-4-20-21-5-6-23(31)25(21,2)11-8-22(20)24/h15-16,20-23,31H,3-14,26H2,1-2H3/t20?,21?,22?,23-,24-,25-/m0/s1. The number of allylic oxidation sites excluding steroid dienone is 2. The van der Waals surface area contributed by atoms with Gasteiger partial charge in [-0.15, -0.1) is 5.10 Å². The minimum Gasteiger partial charge on any atom is -0.394 e. The average Bonchev–Trinajstić information content (AvgIpc) is 3.35. The summed E-state index contributed by atoms with van der Waals surface area (Å²) in [6, 6.07) is 0. The van der Waals surface area contributed by atoms with E-state index in [1.54, 1.807) is 10.3 Å². The van der Waals surface area contributed by atoms with E-state index in [0.29, 0.717) is 25.6 Å². The fourth-order valence-corrected chi connectivity index (χ4v) is 7.59. The van der Waals surface area contributed by atoms with Gasteiger partial charge in [-0.1, -0.05) is 29.8 Å². The van der Waals surface area contributed by atoms with Crippen molar-refractivity contribution in [1.29, 1.82) is 0 Å². The van der Waals surface area contributed by atoms with Gasteiger partial charge in [-0.3, -0.25) is 0 Å². The van der Waals surface area contributed by atoms with E-state index in [2.05, 4.69) is 35.4 Å². The van der Waals surface area contributed by atoms with Crippen LogP contribution in [0, 0.1) is 28.6 Å². The van der Waals surface area contributed by atoms with Crippen molar-refractivity contribution in [2.24, 2.45) is 39.5 Å². The number of rotatable bonds is 6. The molecule has 176 valence electrons. The molecule has 0 bridgehead atoms. The van der Waals surface area contributed by atoms with Crippen LogP contribution in [0.2, 0.25) is 0 Å². The van der Waals surface area contributed by atoms with Crippen LogP contribution in [-0.2, 0) is 17.8 Å². The van der Waals surface area contributed by atoms with Crippen LogP contribution in [0.15, 0.2) is 23.0 Å². The molecule has 3 fully saturated rings. The van der Waals surface area contributed by atoms with E-state index in [1.807, 2.05) is 6.20 Å². The highest BCUT2D eigenvalue weighted by molar-refractivity contribution is 5.96. The van der Waals surface area contributed by atoms with Gasteiger partial charge in [-0.05, 0) is 92.6 Å². The van der Waals surface area contributed by atoms with Crippen LogP contribution in [0.25, 0.3) is 0 Å². The van der Waals surface area contributed by atoms with E-state index >= 15 is 0 Å². The highest BCUT2D eigenvalue weighted by Gasteiger charge is 2.58. The highest BCUT2D eigenvalue weighted by Crippen LogP contribution is 2.65. The molecule has 0 spiro atoms. The predicted octanol–water partition coefficient (Wildman–Crippen LogP) is 3.48. The summed E-state index contributed by atoms with van der Waals surface area (Å²) >= 11 is 0. The molecular weight excluding hydrogens is 402 g/mol. The van der Waals surface area contributed by atoms with E-state index in [0.717, 1.165) is 42.5 Å². The van der Waals surface area contributed by atoms with E-state index in [-0.39, 0.29) is 16.9 Å². The molecule has 0 amide bonds. The lowest BCUT2D eigenvalue weighted by Gasteiger charge is -2.57. The molecule has 3 unspecified atom stereocenters. The number of hydrogen-bond donors (Lipinski definition) is 2. The summed E-state index contributed by atoms with van der Waals surface area (Å²) < 4.78 is 1.79. The summed E-state index contributed by atoms with van der Waals surface area (Å²) in [7, 11) is 0. The Morgan fingerprint density at radius 3 is 2.91 bits per heavy atom. The second-order valence-corrected chi connectivity index (χ2v) is 11.1. The summed E-state index contributed by atoms with van der Waals surface area (Å²) in [5, 5.41) is 23.3. The highest BCUT2D eigenvalue weighted by atomic mass is 16.6. The van der Waals surface area contributed by atoms with Gasteiger partial charge >= 0.3 is 0 Å². The summed E-state index contributed by atoms with van der Waals surface area (Å²) in [6.45, 7) is 6.58. The molecule has 1 heterocycles. The lowest BCUT2D eigenvalue weighted by molar-refractivity contribution is -0.0722. The first kappa shape index (κ1) is 22.1. The van der Waals surface area contributed by atoms with E-state index < -0.39 is 0 Å². The van der Waals surface area contributed by atoms with Gasteiger partial charge in [0.25, 0.3) is 0 Å². The number of aromatic nitrogens is 3. The molecule has 1 aromatic heterocycles. The third-order valence-corrected chi connectivity index (χ3v) is 9.51. The molecular formula is C25H39N5O2. The largest absolute Gasteiger partial charge is 0.394 e. The molecule has 4 aliphatic carbocycles. The number of oxime groups is 1. The molecule has 0 saturated heterocycles. The van der Waals surface area contributed by atoms with Gasteiger partial charge in [-0.25, -0.2) is 4.68 Å². The first-order chi connectivity index (χ1) is 15.4. The molecule has 7 heteroatoms. The maximum atomic E-state index is 10.7. The van der Waals surface area contributed by atoms with Crippen LogP contribution in [0.3, 0.4) is 0 Å². The molecule has 32 heavy (non-hydrogen) atoms. The lowest BCUT2D eigenvalue weighted by atomic mass is 9.47. The van der Waals surface area contributed by atoms with Crippen molar-refractivity contribution in [1.82, 2.24) is 15.0 Å². The Morgan fingerprint density at radius 2 is 2.06 bits per heavy atom. The zero-order valence-corrected chi connectivity index (χ0v) is 19.7. The molecule has 0 radical (unpaired) electrons.